The van der Waals surface area contributed by atoms with Gasteiger partial charge in [-0.1, -0.05) is 17.9 Å². The molecule has 1 heterocycles. The normalized spacial score (nSPS) is 22.1. The molecule has 0 aromatic heterocycles. The molecule has 0 amide bonds. The minimum absolute atomic E-state index is 0.109. The van der Waals surface area contributed by atoms with E-state index in [1.165, 1.54) is 10.4 Å². The summed E-state index contributed by atoms with van der Waals surface area (Å²) in [6.07, 6.45) is 0.586. The summed E-state index contributed by atoms with van der Waals surface area (Å²) in [6, 6.07) is 6.28. The molecule has 0 bridgehead atoms. The van der Waals surface area contributed by atoms with Gasteiger partial charge in [0.05, 0.1) is 17.0 Å². The largest absolute Gasteiger partial charge is 0.384 e. The van der Waals surface area contributed by atoms with Crippen LogP contribution < -0.4 is 0 Å². The molecule has 1 aliphatic rings. The Bertz CT molecular complexity index is 660. The van der Waals surface area contributed by atoms with Crippen LogP contribution in [0, 0.1) is 11.8 Å². The maximum Gasteiger partial charge on any atom is 0.243 e. The van der Waals surface area contributed by atoms with E-state index in [2.05, 4.69) is 11.8 Å². The van der Waals surface area contributed by atoms with Crippen LogP contribution in [-0.2, 0) is 14.8 Å². The van der Waals surface area contributed by atoms with Gasteiger partial charge in [-0.25, -0.2) is 8.42 Å². The van der Waals surface area contributed by atoms with Crippen LogP contribution in [0.2, 0.25) is 0 Å². The lowest BCUT2D eigenvalue weighted by Crippen LogP contribution is -2.40. The Morgan fingerprint density at radius 1 is 1.48 bits per heavy atom. The highest BCUT2D eigenvalue weighted by Crippen LogP contribution is 2.25. The molecular weight excluding hydrogens is 290 g/mol. The van der Waals surface area contributed by atoms with Crippen molar-refractivity contribution in [2.45, 2.75) is 30.4 Å². The summed E-state index contributed by atoms with van der Waals surface area (Å²) in [5, 5.41) is 8.70. The molecule has 1 aliphatic heterocycles. The Balaban J connectivity index is 2.30. The van der Waals surface area contributed by atoms with E-state index in [1.807, 2.05) is 6.92 Å². The first-order valence-electron chi connectivity index (χ1n) is 6.76. The summed E-state index contributed by atoms with van der Waals surface area (Å²) in [4.78, 5) is 0.203. The van der Waals surface area contributed by atoms with Crippen molar-refractivity contribution in [1.29, 1.82) is 0 Å². The molecule has 0 radical (unpaired) electrons. The molecule has 1 aromatic carbocycles. The number of ether oxygens (including phenoxy) is 1. The number of sulfonamides is 1. The summed E-state index contributed by atoms with van der Waals surface area (Å²) < 4.78 is 32.1. The van der Waals surface area contributed by atoms with Gasteiger partial charge in [0.25, 0.3) is 0 Å². The average Bonchev–Trinajstić information content (AvgIpc) is 2.90. The molecule has 2 atom stereocenters. The molecule has 0 spiro atoms. The molecule has 21 heavy (non-hydrogen) atoms. The molecule has 114 valence electrons. The van der Waals surface area contributed by atoms with Crippen LogP contribution in [0.3, 0.4) is 0 Å². The predicted octanol–water partition coefficient (Wildman–Crippen LogP) is 0.828. The molecule has 1 fully saturated rings. The predicted molar refractivity (Wildman–Crippen MR) is 79.2 cm³/mol. The summed E-state index contributed by atoms with van der Waals surface area (Å²) >= 11 is 0. The fourth-order valence-electron chi connectivity index (χ4n) is 2.42. The van der Waals surface area contributed by atoms with Gasteiger partial charge in [0.1, 0.15) is 6.61 Å². The molecule has 6 heteroatoms. The first-order valence-corrected chi connectivity index (χ1v) is 8.20. The number of rotatable bonds is 3. The second-order valence-corrected chi connectivity index (χ2v) is 6.94. The first kappa shape index (κ1) is 16.0. The zero-order chi connectivity index (χ0) is 15.5. The Labute approximate surface area is 125 Å². The van der Waals surface area contributed by atoms with E-state index in [0.29, 0.717) is 18.6 Å². The molecule has 0 saturated carbocycles. The third-order valence-electron chi connectivity index (χ3n) is 3.63. The van der Waals surface area contributed by atoms with E-state index in [0.717, 1.165) is 0 Å². The van der Waals surface area contributed by atoms with Gasteiger partial charge >= 0.3 is 0 Å². The van der Waals surface area contributed by atoms with Gasteiger partial charge in [0.2, 0.25) is 10.0 Å². The van der Waals surface area contributed by atoms with Crippen molar-refractivity contribution in [3.63, 3.8) is 0 Å². The lowest BCUT2D eigenvalue weighted by atomic mass is 10.2. The van der Waals surface area contributed by atoms with E-state index in [9.17, 15) is 8.42 Å². The van der Waals surface area contributed by atoms with Gasteiger partial charge in [0, 0.05) is 19.2 Å². The number of benzene rings is 1. The van der Waals surface area contributed by atoms with Crippen LogP contribution in [0.15, 0.2) is 29.2 Å². The molecule has 2 unspecified atom stereocenters. The van der Waals surface area contributed by atoms with Crippen LogP contribution in [0.5, 0.6) is 0 Å². The van der Waals surface area contributed by atoms with Crippen LogP contribution in [-0.4, -0.2) is 50.2 Å². The second-order valence-electron chi connectivity index (χ2n) is 4.94. The molecule has 1 aromatic rings. The number of nitrogens with zero attached hydrogens (tertiary/aromatic N) is 1. The van der Waals surface area contributed by atoms with Gasteiger partial charge in [-0.2, -0.15) is 4.31 Å². The standard InChI is InChI=1S/C15H19NO4S/c1-12-15(8-10-20-12)16(2)21(18,19)14-7-3-5-13(11-14)6-4-9-17/h3,5,7,11-12,15,17H,8-10H2,1-2H3. The fourth-order valence-corrected chi connectivity index (χ4v) is 3.91. The van der Waals surface area contributed by atoms with E-state index in [-0.39, 0.29) is 23.6 Å². The van der Waals surface area contributed by atoms with Crippen molar-refractivity contribution in [3.05, 3.63) is 29.8 Å². The lowest BCUT2D eigenvalue weighted by Gasteiger charge is -2.26. The van der Waals surface area contributed by atoms with E-state index in [1.54, 1.807) is 25.2 Å². The Morgan fingerprint density at radius 3 is 2.86 bits per heavy atom. The van der Waals surface area contributed by atoms with E-state index >= 15 is 0 Å². The highest BCUT2D eigenvalue weighted by molar-refractivity contribution is 7.89. The average molecular weight is 309 g/mol. The van der Waals surface area contributed by atoms with Crippen molar-refractivity contribution in [3.8, 4) is 11.8 Å². The minimum Gasteiger partial charge on any atom is -0.384 e. The zero-order valence-corrected chi connectivity index (χ0v) is 12.9. The smallest absolute Gasteiger partial charge is 0.243 e. The summed E-state index contributed by atoms with van der Waals surface area (Å²) in [6.45, 7) is 2.20. The Hall–Kier alpha value is -1.39. The van der Waals surface area contributed by atoms with Crippen LogP contribution in [0.1, 0.15) is 18.9 Å². The monoisotopic (exact) mass is 309 g/mol. The second kappa shape index (κ2) is 6.58. The van der Waals surface area contributed by atoms with Crippen molar-refractivity contribution in [2.75, 3.05) is 20.3 Å². The quantitative estimate of drug-likeness (QED) is 0.840. The highest BCUT2D eigenvalue weighted by atomic mass is 32.2. The lowest BCUT2D eigenvalue weighted by molar-refractivity contribution is 0.102. The summed E-state index contributed by atoms with van der Waals surface area (Å²) in [5.41, 5.74) is 0.564. The van der Waals surface area contributed by atoms with Gasteiger partial charge < -0.3 is 9.84 Å². The van der Waals surface area contributed by atoms with Gasteiger partial charge in [-0.3, -0.25) is 0 Å². The molecule has 1 N–H and O–H groups in total. The van der Waals surface area contributed by atoms with Crippen molar-refractivity contribution >= 4 is 10.0 Å². The van der Waals surface area contributed by atoms with Crippen LogP contribution >= 0.6 is 0 Å². The maximum atomic E-state index is 12.7. The SMILES string of the molecule is CC1OCCC1N(C)S(=O)(=O)c1cccc(C#CCO)c1. The van der Waals surface area contributed by atoms with Gasteiger partial charge in [-0.15, -0.1) is 0 Å². The van der Waals surface area contributed by atoms with Gasteiger partial charge in [-0.05, 0) is 31.5 Å². The summed E-state index contributed by atoms with van der Waals surface area (Å²) in [7, 11) is -2.00. The number of hydrogen-bond acceptors (Lipinski definition) is 4. The molecular formula is C15H19NO4S. The number of aliphatic hydroxyl groups excluding tert-OH is 1. The topological polar surface area (TPSA) is 66.8 Å². The third-order valence-corrected chi connectivity index (χ3v) is 5.50. The number of hydrogen-bond donors (Lipinski definition) is 1. The van der Waals surface area contributed by atoms with Gasteiger partial charge in [0.15, 0.2) is 0 Å². The van der Waals surface area contributed by atoms with Crippen molar-refractivity contribution < 1.29 is 18.3 Å². The van der Waals surface area contributed by atoms with E-state index in [4.69, 9.17) is 9.84 Å². The zero-order valence-electron chi connectivity index (χ0n) is 12.1. The molecule has 0 aliphatic carbocycles. The van der Waals surface area contributed by atoms with Crippen LogP contribution in [0.4, 0.5) is 0 Å². The third kappa shape index (κ3) is 3.44. The Morgan fingerprint density at radius 2 is 2.24 bits per heavy atom. The fraction of sp³-hybridized carbons (Fsp3) is 0.467. The van der Waals surface area contributed by atoms with E-state index < -0.39 is 10.0 Å². The van der Waals surface area contributed by atoms with Crippen molar-refractivity contribution in [2.24, 2.45) is 0 Å². The Kier molecular flexibility index (Phi) is 5.01. The molecule has 1 saturated heterocycles. The summed E-state index contributed by atoms with van der Waals surface area (Å²) in [5.74, 6) is 5.23. The van der Waals surface area contributed by atoms with Crippen LogP contribution in [0.25, 0.3) is 0 Å². The van der Waals surface area contributed by atoms with Crippen molar-refractivity contribution in [1.82, 2.24) is 4.31 Å². The molecule has 5 nitrogen and oxygen atoms in total. The number of aliphatic hydroxyl groups is 1. The maximum absolute atomic E-state index is 12.7. The molecule has 2 rings (SSSR count). The number of likely N-dealkylation sites (N-methyl/N-ethyl adjacent to an activating group) is 1. The minimum atomic E-state index is -3.58. The highest BCUT2D eigenvalue weighted by Gasteiger charge is 2.35. The first-order chi connectivity index (χ1) is 9.96.